The first-order chi connectivity index (χ1) is 9.11. The van der Waals surface area contributed by atoms with Gasteiger partial charge in [-0.05, 0) is 6.92 Å². The van der Waals surface area contributed by atoms with Crippen molar-refractivity contribution in [3.8, 4) is 17.2 Å². The summed E-state index contributed by atoms with van der Waals surface area (Å²) in [6, 6.07) is 2.97. The van der Waals surface area contributed by atoms with E-state index in [0.717, 1.165) is 0 Å². The summed E-state index contributed by atoms with van der Waals surface area (Å²) in [5, 5.41) is 9.18. The molecule has 1 N–H and O–H groups in total. The van der Waals surface area contributed by atoms with Crippen molar-refractivity contribution in [3.63, 3.8) is 0 Å². The average Bonchev–Trinajstić information content (AvgIpc) is 2.82. The predicted octanol–water partition coefficient (Wildman–Crippen LogP) is 1.92. The van der Waals surface area contributed by atoms with Gasteiger partial charge < -0.3 is 24.1 Å². The molecule has 0 bridgehead atoms. The van der Waals surface area contributed by atoms with Gasteiger partial charge in [0.2, 0.25) is 6.79 Å². The molecule has 1 aliphatic rings. The van der Waals surface area contributed by atoms with Gasteiger partial charge in [-0.25, -0.2) is 4.79 Å². The zero-order valence-electron chi connectivity index (χ0n) is 10.8. The van der Waals surface area contributed by atoms with Gasteiger partial charge in [0.25, 0.3) is 0 Å². The molecule has 0 radical (unpaired) electrons. The van der Waals surface area contributed by atoms with Gasteiger partial charge in [-0.3, -0.25) is 0 Å². The minimum atomic E-state index is -1.06. The van der Waals surface area contributed by atoms with Crippen molar-refractivity contribution in [1.82, 2.24) is 0 Å². The minimum Gasteiger partial charge on any atom is -0.490 e. The van der Waals surface area contributed by atoms with Crippen LogP contribution in [0.3, 0.4) is 0 Å². The first-order valence-electron chi connectivity index (χ1n) is 5.94. The fourth-order valence-corrected chi connectivity index (χ4v) is 1.75. The second-order valence-corrected chi connectivity index (χ2v) is 4.22. The molecule has 1 atom stereocenters. The molecule has 1 aromatic rings. The second kappa shape index (κ2) is 5.79. The van der Waals surface area contributed by atoms with E-state index in [1.165, 1.54) is 6.07 Å². The Kier molecular flexibility index (Phi) is 4.11. The standard InChI is InChI=1S/C13H16O6/c1-8(3-4-16-2)19-10-6-12-11(17-7-18-12)5-9(10)13(14)15/h5-6,8H,3-4,7H2,1-2H3,(H,14,15). The SMILES string of the molecule is COCCC(C)Oc1cc2c(cc1C(=O)O)OCO2. The summed E-state index contributed by atoms with van der Waals surface area (Å²) in [7, 11) is 1.61. The van der Waals surface area contributed by atoms with Crippen molar-refractivity contribution in [2.75, 3.05) is 20.5 Å². The predicted molar refractivity (Wildman–Crippen MR) is 66.1 cm³/mol. The molecule has 0 amide bonds. The minimum absolute atomic E-state index is 0.0634. The maximum absolute atomic E-state index is 11.2. The molecular formula is C13H16O6. The fourth-order valence-electron chi connectivity index (χ4n) is 1.75. The Morgan fingerprint density at radius 3 is 2.74 bits per heavy atom. The van der Waals surface area contributed by atoms with Crippen LogP contribution in [0, 0.1) is 0 Å². The van der Waals surface area contributed by atoms with Crippen LogP contribution in [0.4, 0.5) is 0 Å². The highest BCUT2D eigenvalue weighted by Gasteiger charge is 2.22. The molecule has 0 aromatic heterocycles. The molecule has 1 unspecified atom stereocenters. The number of carboxylic acid groups (broad SMARTS) is 1. The van der Waals surface area contributed by atoms with Crippen molar-refractivity contribution in [1.29, 1.82) is 0 Å². The van der Waals surface area contributed by atoms with Crippen molar-refractivity contribution in [2.45, 2.75) is 19.4 Å². The third-order valence-corrected chi connectivity index (χ3v) is 2.76. The second-order valence-electron chi connectivity index (χ2n) is 4.22. The van der Waals surface area contributed by atoms with Gasteiger partial charge in [0.05, 0.1) is 6.10 Å². The molecule has 6 heteroatoms. The molecule has 1 aliphatic heterocycles. The lowest BCUT2D eigenvalue weighted by molar-refractivity contribution is 0.0687. The Labute approximate surface area is 110 Å². The summed E-state index contributed by atoms with van der Waals surface area (Å²) >= 11 is 0. The van der Waals surface area contributed by atoms with E-state index in [1.54, 1.807) is 13.2 Å². The molecule has 0 fully saturated rings. The molecule has 2 rings (SSSR count). The van der Waals surface area contributed by atoms with Crippen molar-refractivity contribution in [2.24, 2.45) is 0 Å². The Morgan fingerprint density at radius 2 is 2.11 bits per heavy atom. The lowest BCUT2D eigenvalue weighted by atomic mass is 10.1. The van der Waals surface area contributed by atoms with Crippen LogP contribution in [-0.2, 0) is 4.74 Å². The largest absolute Gasteiger partial charge is 0.490 e. The number of ether oxygens (including phenoxy) is 4. The quantitative estimate of drug-likeness (QED) is 0.849. The number of hydrogen-bond donors (Lipinski definition) is 1. The number of rotatable bonds is 6. The fraction of sp³-hybridized carbons (Fsp3) is 0.462. The third kappa shape index (κ3) is 3.08. The molecule has 0 spiro atoms. The Bertz CT molecular complexity index is 470. The van der Waals surface area contributed by atoms with Crippen LogP contribution in [0.15, 0.2) is 12.1 Å². The van der Waals surface area contributed by atoms with E-state index in [9.17, 15) is 9.90 Å². The molecule has 1 aromatic carbocycles. The summed E-state index contributed by atoms with van der Waals surface area (Å²) in [4.78, 5) is 11.2. The number of carboxylic acids is 1. The van der Waals surface area contributed by atoms with Crippen LogP contribution in [-0.4, -0.2) is 37.7 Å². The maximum atomic E-state index is 11.2. The first kappa shape index (κ1) is 13.5. The van der Waals surface area contributed by atoms with E-state index in [2.05, 4.69) is 0 Å². The van der Waals surface area contributed by atoms with Gasteiger partial charge in [-0.15, -0.1) is 0 Å². The molecular weight excluding hydrogens is 252 g/mol. The average molecular weight is 268 g/mol. The number of fused-ring (bicyclic) bond motifs is 1. The number of methoxy groups -OCH3 is 1. The number of carbonyl (C=O) groups is 1. The lowest BCUT2D eigenvalue weighted by Gasteiger charge is -2.16. The van der Waals surface area contributed by atoms with Crippen LogP contribution in [0.25, 0.3) is 0 Å². The van der Waals surface area contributed by atoms with Gasteiger partial charge in [0.1, 0.15) is 11.3 Å². The zero-order valence-corrected chi connectivity index (χ0v) is 10.8. The maximum Gasteiger partial charge on any atom is 0.339 e. The van der Waals surface area contributed by atoms with Crippen molar-refractivity contribution in [3.05, 3.63) is 17.7 Å². The van der Waals surface area contributed by atoms with E-state index in [1.807, 2.05) is 6.92 Å². The summed E-state index contributed by atoms with van der Waals surface area (Å²) in [5.74, 6) is 0.140. The van der Waals surface area contributed by atoms with Gasteiger partial charge in [0, 0.05) is 32.3 Å². The van der Waals surface area contributed by atoms with Crippen LogP contribution in [0.5, 0.6) is 17.2 Å². The molecule has 0 aliphatic carbocycles. The van der Waals surface area contributed by atoms with Crippen molar-refractivity contribution < 1.29 is 28.8 Å². The van der Waals surface area contributed by atoms with Gasteiger partial charge in [0.15, 0.2) is 11.5 Å². The zero-order chi connectivity index (χ0) is 13.8. The van der Waals surface area contributed by atoms with Gasteiger partial charge >= 0.3 is 5.97 Å². The molecule has 0 saturated carbocycles. The van der Waals surface area contributed by atoms with E-state index in [4.69, 9.17) is 18.9 Å². The van der Waals surface area contributed by atoms with Gasteiger partial charge in [-0.2, -0.15) is 0 Å². The summed E-state index contributed by atoms with van der Waals surface area (Å²) in [6.45, 7) is 2.50. The topological polar surface area (TPSA) is 74.2 Å². The number of aromatic carboxylic acids is 1. The highest BCUT2D eigenvalue weighted by atomic mass is 16.7. The number of benzene rings is 1. The third-order valence-electron chi connectivity index (χ3n) is 2.76. The summed E-state index contributed by atoms with van der Waals surface area (Å²) in [5.41, 5.74) is 0.0634. The lowest BCUT2D eigenvalue weighted by Crippen LogP contribution is -2.16. The highest BCUT2D eigenvalue weighted by molar-refractivity contribution is 5.92. The highest BCUT2D eigenvalue weighted by Crippen LogP contribution is 2.38. The van der Waals surface area contributed by atoms with Crippen molar-refractivity contribution >= 4 is 5.97 Å². The van der Waals surface area contributed by atoms with Crippen LogP contribution >= 0.6 is 0 Å². The Hall–Kier alpha value is -1.95. The molecule has 1 heterocycles. The monoisotopic (exact) mass is 268 g/mol. The number of hydrogen-bond acceptors (Lipinski definition) is 5. The Morgan fingerprint density at radius 1 is 1.42 bits per heavy atom. The van der Waals surface area contributed by atoms with E-state index in [0.29, 0.717) is 24.5 Å². The molecule has 0 saturated heterocycles. The first-order valence-corrected chi connectivity index (χ1v) is 5.94. The van der Waals surface area contributed by atoms with E-state index >= 15 is 0 Å². The molecule has 19 heavy (non-hydrogen) atoms. The molecule has 6 nitrogen and oxygen atoms in total. The normalized spacial score (nSPS) is 14.2. The van der Waals surface area contributed by atoms with Crippen LogP contribution in [0.2, 0.25) is 0 Å². The Balaban J connectivity index is 2.20. The van der Waals surface area contributed by atoms with Crippen LogP contribution < -0.4 is 14.2 Å². The smallest absolute Gasteiger partial charge is 0.339 e. The summed E-state index contributed by atoms with van der Waals surface area (Å²) < 4.78 is 21.0. The van der Waals surface area contributed by atoms with Gasteiger partial charge in [-0.1, -0.05) is 0 Å². The molecule has 104 valence electrons. The van der Waals surface area contributed by atoms with Crippen LogP contribution in [0.1, 0.15) is 23.7 Å². The van der Waals surface area contributed by atoms with E-state index < -0.39 is 5.97 Å². The van der Waals surface area contributed by atoms with E-state index in [-0.39, 0.29) is 24.2 Å². The summed E-state index contributed by atoms with van der Waals surface area (Å²) in [6.07, 6.45) is 0.516.